The molecule has 2 aromatic heterocycles. The van der Waals surface area contributed by atoms with Crippen LogP contribution in [0.4, 0.5) is 5.82 Å². The van der Waals surface area contributed by atoms with Crippen LogP contribution in [-0.2, 0) is 9.84 Å². The van der Waals surface area contributed by atoms with Crippen LogP contribution >= 0.6 is 0 Å². The standard InChI is InChI=1S/C11H13N3O3S/c12-11-6-9(10-2-1-4-17-10)13-14(11)8-3-5-18(15,16)7-8/h1-2,4,6,8H,3,5,7,12H2. The third-order valence-electron chi connectivity index (χ3n) is 3.09. The van der Waals surface area contributed by atoms with Crippen LogP contribution < -0.4 is 5.73 Å². The number of nitrogens with two attached hydrogens (primary N) is 1. The molecule has 0 radical (unpaired) electrons. The number of aromatic nitrogens is 2. The second kappa shape index (κ2) is 3.88. The number of nitrogens with zero attached hydrogens (tertiary/aromatic N) is 2. The quantitative estimate of drug-likeness (QED) is 0.879. The zero-order chi connectivity index (χ0) is 12.8. The number of rotatable bonds is 2. The normalized spacial score (nSPS) is 22.3. The molecule has 1 fully saturated rings. The van der Waals surface area contributed by atoms with Crippen LogP contribution in [0.15, 0.2) is 28.9 Å². The summed E-state index contributed by atoms with van der Waals surface area (Å²) in [5.41, 5.74) is 6.51. The molecule has 18 heavy (non-hydrogen) atoms. The van der Waals surface area contributed by atoms with Crippen molar-refractivity contribution in [3.63, 3.8) is 0 Å². The smallest absolute Gasteiger partial charge is 0.154 e. The van der Waals surface area contributed by atoms with E-state index in [4.69, 9.17) is 10.2 Å². The highest BCUT2D eigenvalue weighted by Crippen LogP contribution is 2.28. The second-order valence-corrected chi connectivity index (χ2v) is 6.66. The van der Waals surface area contributed by atoms with E-state index in [2.05, 4.69) is 5.10 Å². The van der Waals surface area contributed by atoms with Gasteiger partial charge in [-0.05, 0) is 18.6 Å². The first-order valence-electron chi connectivity index (χ1n) is 5.64. The van der Waals surface area contributed by atoms with E-state index in [-0.39, 0.29) is 17.5 Å². The van der Waals surface area contributed by atoms with Crippen LogP contribution in [0.1, 0.15) is 12.5 Å². The third kappa shape index (κ3) is 1.90. The molecule has 6 nitrogen and oxygen atoms in total. The number of nitrogen functional groups attached to an aromatic ring is 1. The Balaban J connectivity index is 1.95. The lowest BCUT2D eigenvalue weighted by Crippen LogP contribution is -2.14. The van der Waals surface area contributed by atoms with Gasteiger partial charge in [-0.15, -0.1) is 0 Å². The Labute approximate surface area is 104 Å². The van der Waals surface area contributed by atoms with Gasteiger partial charge in [0, 0.05) is 6.07 Å². The van der Waals surface area contributed by atoms with Crippen molar-refractivity contribution in [3.05, 3.63) is 24.5 Å². The van der Waals surface area contributed by atoms with E-state index in [0.29, 0.717) is 23.7 Å². The number of hydrogen-bond donors (Lipinski definition) is 1. The van der Waals surface area contributed by atoms with Gasteiger partial charge >= 0.3 is 0 Å². The Kier molecular flexibility index (Phi) is 2.44. The topological polar surface area (TPSA) is 91.1 Å². The minimum Gasteiger partial charge on any atom is -0.463 e. The molecule has 1 aliphatic heterocycles. The summed E-state index contributed by atoms with van der Waals surface area (Å²) < 4.78 is 29.7. The molecule has 2 aromatic rings. The van der Waals surface area contributed by atoms with Crippen molar-refractivity contribution >= 4 is 15.7 Å². The summed E-state index contributed by atoms with van der Waals surface area (Å²) in [6.07, 6.45) is 2.12. The fourth-order valence-electron chi connectivity index (χ4n) is 2.21. The van der Waals surface area contributed by atoms with Gasteiger partial charge in [0.2, 0.25) is 0 Å². The molecule has 0 bridgehead atoms. The van der Waals surface area contributed by atoms with Crippen LogP contribution in [0.2, 0.25) is 0 Å². The Morgan fingerprint density at radius 3 is 2.94 bits per heavy atom. The van der Waals surface area contributed by atoms with Crippen molar-refractivity contribution in [2.75, 3.05) is 17.2 Å². The predicted octanol–water partition coefficient (Wildman–Crippen LogP) is 1.08. The van der Waals surface area contributed by atoms with Crippen LogP contribution in [0, 0.1) is 0 Å². The summed E-state index contributed by atoms with van der Waals surface area (Å²) in [5, 5.41) is 4.33. The molecule has 1 saturated heterocycles. The minimum atomic E-state index is -2.94. The number of hydrogen-bond acceptors (Lipinski definition) is 5. The van der Waals surface area contributed by atoms with Gasteiger partial charge < -0.3 is 10.2 Å². The summed E-state index contributed by atoms with van der Waals surface area (Å²) in [6.45, 7) is 0. The predicted molar refractivity (Wildman–Crippen MR) is 66.6 cm³/mol. The maximum Gasteiger partial charge on any atom is 0.154 e. The molecule has 1 atom stereocenters. The van der Waals surface area contributed by atoms with Crippen molar-refractivity contribution in [3.8, 4) is 11.5 Å². The zero-order valence-electron chi connectivity index (χ0n) is 9.61. The lowest BCUT2D eigenvalue weighted by molar-refractivity contribution is 0.504. The molecular formula is C11H13N3O3S. The van der Waals surface area contributed by atoms with Crippen molar-refractivity contribution in [2.45, 2.75) is 12.5 Å². The fraction of sp³-hybridized carbons (Fsp3) is 0.364. The summed E-state index contributed by atoms with van der Waals surface area (Å²) in [6, 6.07) is 5.09. The van der Waals surface area contributed by atoms with Gasteiger partial charge in [-0.3, -0.25) is 0 Å². The maximum atomic E-state index is 11.5. The highest BCUT2D eigenvalue weighted by Gasteiger charge is 2.31. The summed E-state index contributed by atoms with van der Waals surface area (Å²) in [4.78, 5) is 0. The van der Waals surface area contributed by atoms with E-state index in [1.807, 2.05) is 0 Å². The molecule has 0 spiro atoms. The van der Waals surface area contributed by atoms with Gasteiger partial charge in [-0.1, -0.05) is 0 Å². The molecule has 7 heteroatoms. The van der Waals surface area contributed by atoms with Gasteiger partial charge in [0.25, 0.3) is 0 Å². The third-order valence-corrected chi connectivity index (χ3v) is 4.84. The molecule has 3 heterocycles. The van der Waals surface area contributed by atoms with Crippen molar-refractivity contribution in [1.29, 1.82) is 0 Å². The van der Waals surface area contributed by atoms with Gasteiger partial charge in [0.1, 0.15) is 11.5 Å². The van der Waals surface area contributed by atoms with Crippen LogP contribution in [0.5, 0.6) is 0 Å². The molecule has 1 unspecified atom stereocenters. The molecule has 0 aromatic carbocycles. The molecule has 0 aliphatic carbocycles. The molecule has 0 saturated carbocycles. The molecule has 1 aliphatic rings. The largest absolute Gasteiger partial charge is 0.463 e. The van der Waals surface area contributed by atoms with Crippen LogP contribution in [0.25, 0.3) is 11.5 Å². The van der Waals surface area contributed by atoms with E-state index in [9.17, 15) is 8.42 Å². The Morgan fingerprint density at radius 2 is 2.33 bits per heavy atom. The van der Waals surface area contributed by atoms with E-state index < -0.39 is 9.84 Å². The Hall–Kier alpha value is -1.76. The first kappa shape index (κ1) is 11.3. The van der Waals surface area contributed by atoms with Crippen molar-refractivity contribution in [2.24, 2.45) is 0 Å². The maximum absolute atomic E-state index is 11.5. The fourth-order valence-corrected chi connectivity index (χ4v) is 3.91. The second-order valence-electron chi connectivity index (χ2n) is 4.43. The average Bonchev–Trinajstić information content (AvgIpc) is 2.97. The zero-order valence-corrected chi connectivity index (χ0v) is 10.4. The van der Waals surface area contributed by atoms with E-state index >= 15 is 0 Å². The summed E-state index contributed by atoms with van der Waals surface area (Å²) in [5.74, 6) is 1.40. The average molecular weight is 267 g/mol. The molecule has 3 rings (SSSR count). The highest BCUT2D eigenvalue weighted by molar-refractivity contribution is 7.91. The van der Waals surface area contributed by atoms with Gasteiger partial charge in [-0.2, -0.15) is 5.10 Å². The number of sulfone groups is 1. The molecule has 96 valence electrons. The SMILES string of the molecule is Nc1cc(-c2ccco2)nn1C1CCS(=O)(=O)C1. The first-order valence-corrected chi connectivity index (χ1v) is 7.47. The number of furan rings is 1. The number of anilines is 1. The van der Waals surface area contributed by atoms with Crippen LogP contribution in [-0.4, -0.2) is 29.7 Å². The van der Waals surface area contributed by atoms with Gasteiger partial charge in [-0.25, -0.2) is 13.1 Å². The summed E-state index contributed by atoms with van der Waals surface area (Å²) >= 11 is 0. The molecular weight excluding hydrogens is 254 g/mol. The minimum absolute atomic E-state index is 0.108. The molecule has 2 N–H and O–H groups in total. The van der Waals surface area contributed by atoms with Crippen molar-refractivity contribution in [1.82, 2.24) is 9.78 Å². The van der Waals surface area contributed by atoms with Gasteiger partial charge in [0.05, 0.1) is 23.8 Å². The highest BCUT2D eigenvalue weighted by atomic mass is 32.2. The lowest BCUT2D eigenvalue weighted by atomic mass is 10.3. The lowest BCUT2D eigenvalue weighted by Gasteiger charge is -2.09. The Bertz CT molecular complexity index is 658. The van der Waals surface area contributed by atoms with E-state index in [1.165, 1.54) is 0 Å². The Morgan fingerprint density at radius 1 is 1.50 bits per heavy atom. The van der Waals surface area contributed by atoms with Crippen molar-refractivity contribution < 1.29 is 12.8 Å². The first-order chi connectivity index (χ1) is 8.55. The molecule has 0 amide bonds. The van der Waals surface area contributed by atoms with E-state index in [1.54, 1.807) is 29.1 Å². The van der Waals surface area contributed by atoms with Crippen LogP contribution in [0.3, 0.4) is 0 Å². The van der Waals surface area contributed by atoms with E-state index in [0.717, 1.165) is 0 Å². The monoisotopic (exact) mass is 267 g/mol. The summed E-state index contributed by atoms with van der Waals surface area (Å²) in [7, 11) is -2.94. The van der Waals surface area contributed by atoms with Gasteiger partial charge in [0.15, 0.2) is 15.6 Å².